The molecule has 0 radical (unpaired) electrons. The lowest BCUT2D eigenvalue weighted by Crippen LogP contribution is -2.49. The average molecular weight is 752 g/mol. The minimum atomic E-state index is -2.90. The van der Waals surface area contributed by atoms with Gasteiger partial charge in [0.25, 0.3) is 5.91 Å². The summed E-state index contributed by atoms with van der Waals surface area (Å²) in [5.74, 6) is -2.11. The molecule has 1 fully saturated rings. The number of ether oxygens (including phenoxy) is 1. The van der Waals surface area contributed by atoms with Crippen molar-refractivity contribution in [1.82, 2.24) is 30.3 Å². The predicted octanol–water partition coefficient (Wildman–Crippen LogP) is 7.84. The van der Waals surface area contributed by atoms with Crippen LogP contribution in [-0.4, -0.2) is 61.5 Å². The molecule has 0 spiro atoms. The number of rotatable bonds is 10. The monoisotopic (exact) mass is 751 g/mol. The number of hydrogen-bond acceptors (Lipinski definition) is 7. The zero-order chi connectivity index (χ0) is 38.2. The number of alkyl carbamates (subject to hydrolysis) is 1. The summed E-state index contributed by atoms with van der Waals surface area (Å²) in [7, 11) is 0. The number of alkyl halides is 2. The van der Waals surface area contributed by atoms with E-state index < -0.39 is 60.0 Å². The van der Waals surface area contributed by atoms with Crippen LogP contribution in [0.25, 0.3) is 22.4 Å². The molecule has 1 aliphatic carbocycles. The number of carbonyl (C=O) groups excluding carboxylic acids is 2. The molecule has 3 N–H and O–H groups in total. The van der Waals surface area contributed by atoms with E-state index in [-0.39, 0.29) is 29.2 Å². The number of carbonyl (C=O) groups is 3. The molecule has 16 heteroatoms. The molecule has 12 nitrogen and oxygen atoms in total. The molecule has 1 unspecified atom stereocenters. The van der Waals surface area contributed by atoms with E-state index in [4.69, 9.17) is 16.3 Å². The van der Waals surface area contributed by atoms with Crippen LogP contribution >= 0.6 is 11.6 Å². The second kappa shape index (κ2) is 14.5. The molecule has 1 saturated carbocycles. The number of nitrogens with zero attached hydrogens (tertiary/aromatic N) is 5. The number of aromatic nitrogens is 3. The van der Waals surface area contributed by atoms with Gasteiger partial charge in [0.05, 0.1) is 17.9 Å². The van der Waals surface area contributed by atoms with E-state index in [1.807, 2.05) is 33.8 Å². The minimum absolute atomic E-state index is 0.0375. The van der Waals surface area contributed by atoms with Gasteiger partial charge in [0, 0.05) is 40.1 Å². The Morgan fingerprint density at radius 2 is 1.89 bits per heavy atom. The van der Waals surface area contributed by atoms with Crippen LogP contribution in [0, 0.1) is 18.2 Å². The zero-order valence-electron chi connectivity index (χ0n) is 29.2. The summed E-state index contributed by atoms with van der Waals surface area (Å²) in [6, 6.07) is 11.1. The molecule has 4 aromatic rings. The van der Waals surface area contributed by atoms with Gasteiger partial charge in [-0.1, -0.05) is 56.6 Å². The summed E-state index contributed by atoms with van der Waals surface area (Å²) in [5.41, 5.74) is -0.212. The van der Waals surface area contributed by atoms with Crippen molar-refractivity contribution in [3.63, 3.8) is 0 Å². The number of halogens is 4. The van der Waals surface area contributed by atoms with Gasteiger partial charge >= 0.3 is 18.7 Å². The number of aryl methyl sites for hydroxylation is 1. The van der Waals surface area contributed by atoms with Crippen LogP contribution in [0.2, 0.25) is 5.02 Å². The lowest BCUT2D eigenvalue weighted by Gasteiger charge is -2.35. The lowest BCUT2D eigenvalue weighted by atomic mass is 9.75. The molecule has 1 aliphatic heterocycles. The topological polar surface area (TPSA) is 151 Å². The van der Waals surface area contributed by atoms with E-state index >= 15 is 9.18 Å². The van der Waals surface area contributed by atoms with Crippen LogP contribution in [0.5, 0.6) is 0 Å². The van der Waals surface area contributed by atoms with Crippen LogP contribution in [0.4, 0.5) is 22.8 Å². The Morgan fingerprint density at radius 3 is 2.51 bits per heavy atom. The highest BCUT2D eigenvalue weighted by atomic mass is 35.5. The van der Waals surface area contributed by atoms with Gasteiger partial charge in [-0.25, -0.2) is 23.7 Å². The van der Waals surface area contributed by atoms with Crippen LogP contribution in [0.3, 0.4) is 0 Å². The van der Waals surface area contributed by atoms with Crippen molar-refractivity contribution in [3.05, 3.63) is 94.7 Å². The maximum Gasteiger partial charge on any atom is 0.411 e. The van der Waals surface area contributed by atoms with Crippen molar-refractivity contribution >= 4 is 35.7 Å². The average Bonchev–Trinajstić information content (AvgIpc) is 3.67. The fraction of sp³-hybridized carbons (Fsp3) is 0.351. The van der Waals surface area contributed by atoms with Crippen LogP contribution < -0.4 is 10.6 Å². The fourth-order valence-electron chi connectivity index (χ4n) is 6.44. The number of benzene rings is 2. The van der Waals surface area contributed by atoms with Crippen molar-refractivity contribution in [2.24, 2.45) is 10.4 Å². The lowest BCUT2D eigenvalue weighted by molar-refractivity contribution is -0.135. The standard InChI is InChI=1S/C37H37ClF3N7O5/c1-20-6-5-13-42-30(20)25-14-22(8-12-27(25)38)29(18-53-35(52)44-24-9-10-24)48-31(49)37(19-36(2,3)4,46-33(48)45-34(50)51)26-11-7-21(15-28(26)39)23-16-43-47(17-23)32(40)41/h5-8,11-17,24,29,32H,9-10,18-19H2,1-4H3,(H,44,52)(H,45,46)(H,50,51)/t29?,37-/m1/s1. The molecular weight excluding hydrogens is 715 g/mol. The van der Waals surface area contributed by atoms with Crippen molar-refractivity contribution in [3.8, 4) is 22.4 Å². The highest BCUT2D eigenvalue weighted by molar-refractivity contribution is 6.33. The number of pyridine rings is 1. The molecule has 53 heavy (non-hydrogen) atoms. The van der Waals surface area contributed by atoms with E-state index in [0.29, 0.717) is 26.5 Å². The quantitative estimate of drug-likeness (QED) is 0.149. The third-order valence-corrected chi connectivity index (χ3v) is 9.20. The maximum absolute atomic E-state index is 16.4. The highest BCUT2D eigenvalue weighted by Gasteiger charge is 2.55. The Labute approximate surface area is 308 Å². The van der Waals surface area contributed by atoms with Gasteiger partial charge in [0.2, 0.25) is 5.96 Å². The van der Waals surface area contributed by atoms with E-state index in [9.17, 15) is 23.5 Å². The Balaban J connectivity index is 1.49. The summed E-state index contributed by atoms with van der Waals surface area (Å²) in [5, 5.41) is 18.9. The number of hydrogen-bond donors (Lipinski definition) is 3. The number of aliphatic imine (C=N–C) groups is 1. The van der Waals surface area contributed by atoms with Gasteiger partial charge in [-0.3, -0.25) is 20.0 Å². The number of amides is 3. The summed E-state index contributed by atoms with van der Waals surface area (Å²) in [4.78, 5) is 50.4. The van der Waals surface area contributed by atoms with Gasteiger partial charge in [-0.2, -0.15) is 13.9 Å². The molecule has 0 saturated heterocycles. The van der Waals surface area contributed by atoms with E-state index in [1.165, 1.54) is 12.1 Å². The molecule has 6 rings (SSSR count). The first-order chi connectivity index (χ1) is 25.1. The first kappa shape index (κ1) is 37.3. The zero-order valence-corrected chi connectivity index (χ0v) is 30.0. The molecule has 2 aromatic carbocycles. The second-order valence-electron chi connectivity index (χ2n) is 14.3. The smallest absolute Gasteiger partial charge is 0.411 e. The normalized spacial score (nSPS) is 17.9. The van der Waals surface area contributed by atoms with Crippen LogP contribution in [0.15, 0.2) is 72.1 Å². The van der Waals surface area contributed by atoms with Gasteiger partial charge in [0.1, 0.15) is 12.4 Å². The van der Waals surface area contributed by atoms with E-state index in [1.54, 1.807) is 30.5 Å². The maximum atomic E-state index is 16.4. The first-order valence-electron chi connectivity index (χ1n) is 16.8. The van der Waals surface area contributed by atoms with Gasteiger partial charge in [0.15, 0.2) is 5.54 Å². The van der Waals surface area contributed by atoms with Crippen molar-refractivity contribution in [2.75, 3.05) is 6.61 Å². The molecule has 0 bridgehead atoms. The van der Waals surface area contributed by atoms with Gasteiger partial charge < -0.3 is 15.2 Å². The van der Waals surface area contributed by atoms with Crippen molar-refractivity contribution in [2.45, 2.75) is 71.1 Å². The van der Waals surface area contributed by atoms with Gasteiger partial charge in [-0.15, -0.1) is 0 Å². The highest BCUT2D eigenvalue weighted by Crippen LogP contribution is 2.47. The van der Waals surface area contributed by atoms with E-state index in [2.05, 4.69) is 25.7 Å². The molecule has 2 aliphatic rings. The molecule has 2 aromatic heterocycles. The molecule has 2 atom stereocenters. The second-order valence-corrected chi connectivity index (χ2v) is 14.7. The van der Waals surface area contributed by atoms with Crippen LogP contribution in [0.1, 0.15) is 69.3 Å². The van der Waals surface area contributed by atoms with Crippen molar-refractivity contribution in [1.29, 1.82) is 0 Å². The SMILES string of the molecule is Cc1cccnc1-c1cc(C(COC(=O)NC2CC2)N2C(=O)[C@@](CC(C)(C)C)(c3ccc(-c4cnn(C(F)F)c4)cc3F)N=C2NC(=O)O)ccc1Cl. The van der Waals surface area contributed by atoms with E-state index in [0.717, 1.165) is 41.8 Å². The number of nitrogens with one attached hydrogen (secondary N) is 2. The minimum Gasteiger partial charge on any atom is -0.465 e. The first-order valence-corrected chi connectivity index (χ1v) is 17.1. The molecule has 3 amide bonds. The number of carboxylic acid groups (broad SMARTS) is 1. The third kappa shape index (κ3) is 7.99. The summed E-state index contributed by atoms with van der Waals surface area (Å²) >= 11 is 6.66. The fourth-order valence-corrected chi connectivity index (χ4v) is 6.64. The third-order valence-electron chi connectivity index (χ3n) is 8.87. The predicted molar refractivity (Wildman–Crippen MR) is 190 cm³/mol. The molecule has 3 heterocycles. The summed E-state index contributed by atoms with van der Waals surface area (Å²) in [6.45, 7) is 3.96. The Kier molecular flexibility index (Phi) is 10.2. The largest absolute Gasteiger partial charge is 0.465 e. The van der Waals surface area contributed by atoms with Crippen LogP contribution in [-0.2, 0) is 15.1 Å². The van der Waals surface area contributed by atoms with Gasteiger partial charge in [-0.05, 0) is 72.6 Å². The molecular formula is C37H37ClF3N7O5. The summed E-state index contributed by atoms with van der Waals surface area (Å²) < 4.78 is 49.0. The Bertz CT molecular complexity index is 2100. The van der Waals surface area contributed by atoms with Crippen molar-refractivity contribution < 1.29 is 37.4 Å². The Hall–Kier alpha value is -5.44. The number of guanidine groups is 1. The molecule has 278 valence electrons. The summed E-state index contributed by atoms with van der Waals surface area (Å²) in [6.07, 6.45) is 3.04. The Morgan fingerprint density at radius 1 is 1.13 bits per heavy atom.